The predicted molar refractivity (Wildman–Crippen MR) is 67.1 cm³/mol. The summed E-state index contributed by atoms with van der Waals surface area (Å²) in [4.78, 5) is 11.3. The maximum absolute atomic E-state index is 11.3. The minimum atomic E-state index is -3.20. The Labute approximate surface area is 99.3 Å². The second kappa shape index (κ2) is 10.8. The van der Waals surface area contributed by atoms with Gasteiger partial charge in [-0.15, -0.1) is 6.58 Å². The highest BCUT2D eigenvalue weighted by molar-refractivity contribution is 6.94. The van der Waals surface area contributed by atoms with E-state index in [4.69, 9.17) is 13.3 Å². The zero-order valence-corrected chi connectivity index (χ0v) is 11.6. The lowest BCUT2D eigenvalue weighted by molar-refractivity contribution is -0.114. The van der Waals surface area contributed by atoms with E-state index >= 15 is 0 Å². The summed E-state index contributed by atoms with van der Waals surface area (Å²) in [5.74, 6) is 0. The van der Waals surface area contributed by atoms with E-state index in [1.807, 2.05) is 0 Å². The molecule has 0 saturated heterocycles. The molecule has 0 radical (unpaired) electrons. The fourth-order valence-corrected chi connectivity index (χ4v) is 2.30. The molecule has 0 saturated carbocycles. The van der Waals surface area contributed by atoms with Crippen LogP contribution in [0.1, 0.15) is 20.3 Å². The Morgan fingerprint density at radius 2 is 1.69 bits per heavy atom. The second-order valence-electron chi connectivity index (χ2n) is 2.84. The lowest BCUT2D eigenvalue weighted by Crippen LogP contribution is -2.51. The topological polar surface area (TPSA) is 44.8 Å². The first kappa shape index (κ1) is 17.6. The quantitative estimate of drug-likeness (QED) is 0.392. The average molecular weight is 246 g/mol. The van der Waals surface area contributed by atoms with Gasteiger partial charge in [0, 0.05) is 14.2 Å². The van der Waals surface area contributed by atoms with Crippen LogP contribution in [0.4, 0.5) is 0 Å². The summed E-state index contributed by atoms with van der Waals surface area (Å²) in [5, 5.41) is -0.348. The van der Waals surface area contributed by atoms with Crippen molar-refractivity contribution in [3.63, 3.8) is 0 Å². The Kier molecular flexibility index (Phi) is 11.9. The van der Waals surface area contributed by atoms with Crippen LogP contribution in [0.2, 0.25) is 0 Å². The molecule has 94 valence electrons. The van der Waals surface area contributed by atoms with Crippen LogP contribution in [0.25, 0.3) is 0 Å². The average Bonchev–Trinajstić information content (AvgIpc) is 2.31. The van der Waals surface area contributed by atoms with E-state index in [2.05, 4.69) is 27.0 Å². The summed E-state index contributed by atoms with van der Waals surface area (Å²) in [6, 6.07) is 0. The van der Waals surface area contributed by atoms with Crippen molar-refractivity contribution < 1.29 is 18.1 Å². The van der Waals surface area contributed by atoms with E-state index in [9.17, 15) is 4.79 Å². The first-order valence-corrected chi connectivity index (χ1v) is 6.82. The van der Waals surface area contributed by atoms with Crippen LogP contribution in [0.3, 0.4) is 0 Å². The Hall–Kier alpha value is -0.753. The Bertz CT molecular complexity index is 212. The van der Waals surface area contributed by atoms with Crippen LogP contribution in [-0.4, -0.2) is 35.0 Å². The summed E-state index contributed by atoms with van der Waals surface area (Å²) in [6.45, 7) is 11.3. The fourth-order valence-electron chi connectivity index (χ4n) is 0.767. The van der Waals surface area contributed by atoms with E-state index in [1.165, 1.54) is 26.7 Å². The van der Waals surface area contributed by atoms with Crippen LogP contribution in [-0.2, 0) is 18.1 Å². The number of hydrogen-bond donors (Lipinski definition) is 0. The van der Waals surface area contributed by atoms with Gasteiger partial charge in [0.25, 0.3) is 0 Å². The molecule has 0 aromatic heterocycles. The number of hydrogen-bond acceptors (Lipinski definition) is 4. The number of carbonyl (C=O) groups excluding carboxylic acids is 1. The second-order valence-corrected chi connectivity index (χ2v) is 5.55. The molecule has 0 bridgehead atoms. The Morgan fingerprint density at radius 3 is 1.94 bits per heavy atom. The van der Waals surface area contributed by atoms with Gasteiger partial charge in [-0.3, -0.25) is 4.79 Å². The maximum Gasteiger partial charge on any atom is 0.579 e. The van der Waals surface area contributed by atoms with E-state index in [1.54, 1.807) is 0 Å². The summed E-state index contributed by atoms with van der Waals surface area (Å²) < 4.78 is 15.1. The van der Waals surface area contributed by atoms with E-state index in [-0.39, 0.29) is 12.0 Å². The van der Waals surface area contributed by atoms with Gasteiger partial charge in [-0.2, -0.15) is 0 Å². The van der Waals surface area contributed by atoms with E-state index in [0.29, 0.717) is 0 Å². The molecular formula is C11H22O4Si. The molecule has 0 spiro atoms. The standard InChI is InChI=1S/C8H14O4Si.C3H8/c1-5-7-12-13(10-3,11-4)8(9)6-2;1-3-2/h5-6H,1-2,7H2,3-4H3;3H2,1-2H3. The fraction of sp³-hybridized carbons (Fsp3) is 0.545. The normalized spacial score (nSPS) is 10.0. The lowest BCUT2D eigenvalue weighted by Gasteiger charge is -2.22. The van der Waals surface area contributed by atoms with Gasteiger partial charge < -0.3 is 13.3 Å². The molecule has 0 fully saturated rings. The van der Waals surface area contributed by atoms with E-state index < -0.39 is 8.80 Å². The molecule has 0 unspecified atom stereocenters. The zero-order chi connectivity index (χ0) is 13.0. The molecule has 0 aliphatic heterocycles. The van der Waals surface area contributed by atoms with Gasteiger partial charge in [0.1, 0.15) is 0 Å². The molecular weight excluding hydrogens is 224 g/mol. The van der Waals surface area contributed by atoms with Crippen molar-refractivity contribution in [2.24, 2.45) is 0 Å². The summed E-state index contributed by atoms with van der Waals surface area (Å²) in [7, 11) is -0.446. The lowest BCUT2D eigenvalue weighted by atomic mass is 10.6. The minimum absolute atomic E-state index is 0.216. The van der Waals surface area contributed by atoms with Crippen LogP contribution in [0.15, 0.2) is 25.3 Å². The third-order valence-corrected chi connectivity index (χ3v) is 3.85. The molecule has 0 atom stereocenters. The monoisotopic (exact) mass is 246 g/mol. The first-order valence-electron chi connectivity index (χ1n) is 5.10. The SMILES string of the molecule is C=CCO[Si](OC)(OC)C(=O)C=C.CCC. The highest BCUT2D eigenvalue weighted by atomic mass is 28.4. The Morgan fingerprint density at radius 1 is 1.25 bits per heavy atom. The third-order valence-electron chi connectivity index (χ3n) is 1.42. The molecule has 0 amide bonds. The first-order chi connectivity index (χ1) is 7.58. The molecule has 0 heterocycles. The summed E-state index contributed by atoms with van der Waals surface area (Å²) in [5.41, 5.74) is 0. The van der Waals surface area contributed by atoms with Crippen molar-refractivity contribution in [2.75, 3.05) is 20.8 Å². The molecule has 4 nitrogen and oxygen atoms in total. The molecule has 0 aromatic rings. The van der Waals surface area contributed by atoms with Gasteiger partial charge in [0.15, 0.2) is 0 Å². The summed E-state index contributed by atoms with van der Waals surface area (Å²) >= 11 is 0. The number of allylic oxidation sites excluding steroid dienone is 1. The Balaban J connectivity index is 0. The third kappa shape index (κ3) is 5.97. The van der Waals surface area contributed by atoms with E-state index in [0.717, 1.165) is 6.08 Å². The molecule has 16 heavy (non-hydrogen) atoms. The molecule has 0 aliphatic carbocycles. The van der Waals surface area contributed by atoms with Crippen molar-refractivity contribution in [3.8, 4) is 0 Å². The van der Waals surface area contributed by atoms with Gasteiger partial charge in [0.05, 0.1) is 6.61 Å². The number of carbonyl (C=O) groups is 1. The molecule has 0 aromatic carbocycles. The smallest absolute Gasteiger partial charge is 0.372 e. The van der Waals surface area contributed by atoms with Crippen molar-refractivity contribution >= 4 is 14.2 Å². The van der Waals surface area contributed by atoms with Crippen molar-refractivity contribution in [1.82, 2.24) is 0 Å². The van der Waals surface area contributed by atoms with Crippen LogP contribution in [0.5, 0.6) is 0 Å². The van der Waals surface area contributed by atoms with Gasteiger partial charge in [-0.25, -0.2) is 0 Å². The minimum Gasteiger partial charge on any atom is -0.372 e. The van der Waals surface area contributed by atoms with Crippen LogP contribution >= 0.6 is 0 Å². The predicted octanol–water partition coefficient (Wildman–Crippen LogP) is 2.13. The van der Waals surface area contributed by atoms with Crippen molar-refractivity contribution in [2.45, 2.75) is 20.3 Å². The molecule has 5 heteroatoms. The van der Waals surface area contributed by atoms with Crippen LogP contribution in [0, 0.1) is 0 Å². The largest absolute Gasteiger partial charge is 0.579 e. The maximum atomic E-state index is 11.3. The van der Waals surface area contributed by atoms with Crippen molar-refractivity contribution in [3.05, 3.63) is 25.3 Å². The highest BCUT2D eigenvalue weighted by Gasteiger charge is 2.46. The van der Waals surface area contributed by atoms with Crippen molar-refractivity contribution in [1.29, 1.82) is 0 Å². The molecule has 0 aliphatic rings. The van der Waals surface area contributed by atoms with Gasteiger partial charge in [-0.05, 0) is 6.08 Å². The summed E-state index contributed by atoms with van der Waals surface area (Å²) in [6.07, 6.45) is 3.92. The van der Waals surface area contributed by atoms with Gasteiger partial charge in [-0.1, -0.05) is 32.9 Å². The van der Waals surface area contributed by atoms with Gasteiger partial charge >= 0.3 is 8.80 Å². The van der Waals surface area contributed by atoms with Gasteiger partial charge in [0.2, 0.25) is 5.41 Å². The van der Waals surface area contributed by atoms with Crippen LogP contribution < -0.4 is 0 Å². The molecule has 0 N–H and O–H groups in total. The number of rotatable bonds is 7. The zero-order valence-electron chi connectivity index (χ0n) is 10.6. The highest BCUT2D eigenvalue weighted by Crippen LogP contribution is 2.09. The molecule has 0 rings (SSSR count).